The van der Waals surface area contributed by atoms with Gasteiger partial charge < -0.3 is 10.1 Å². The number of carbonyl (C=O) groups excluding carboxylic acids is 1. The van der Waals surface area contributed by atoms with E-state index in [9.17, 15) is 4.79 Å². The zero-order chi connectivity index (χ0) is 19.1. The quantitative estimate of drug-likeness (QED) is 0.479. The maximum atomic E-state index is 12.8. The van der Waals surface area contributed by atoms with Gasteiger partial charge in [0.25, 0.3) is 5.91 Å². The molecule has 1 amide bonds. The third kappa shape index (κ3) is 5.37. The van der Waals surface area contributed by atoms with Crippen LogP contribution in [0.2, 0.25) is 0 Å². The van der Waals surface area contributed by atoms with Gasteiger partial charge >= 0.3 is 0 Å². The van der Waals surface area contributed by atoms with Crippen LogP contribution in [-0.2, 0) is 5.75 Å². The standard InChI is InChI=1S/C22H23NO2S2/c1-3-25-19-10-8-18(9-11-19)16(2)23-22(24)20-6-4-5-7-21(20)27-15-17-12-13-26-14-17/h4-14,16H,3,15H2,1-2H3,(H,23,24). The van der Waals surface area contributed by atoms with E-state index < -0.39 is 0 Å². The fourth-order valence-electron chi connectivity index (χ4n) is 2.69. The first-order valence-electron chi connectivity index (χ1n) is 8.94. The van der Waals surface area contributed by atoms with Crippen molar-refractivity contribution in [3.05, 3.63) is 82.0 Å². The number of ether oxygens (including phenoxy) is 1. The third-order valence-electron chi connectivity index (χ3n) is 4.14. The molecule has 0 aliphatic rings. The summed E-state index contributed by atoms with van der Waals surface area (Å²) < 4.78 is 5.47. The van der Waals surface area contributed by atoms with Crippen LogP contribution in [0, 0.1) is 0 Å². The molecule has 0 aliphatic carbocycles. The van der Waals surface area contributed by atoms with Gasteiger partial charge in [-0.25, -0.2) is 0 Å². The Hall–Kier alpha value is -2.24. The Morgan fingerprint density at radius 2 is 1.93 bits per heavy atom. The molecule has 140 valence electrons. The molecule has 1 heterocycles. The maximum absolute atomic E-state index is 12.8. The Morgan fingerprint density at radius 3 is 2.63 bits per heavy atom. The van der Waals surface area contributed by atoms with E-state index in [-0.39, 0.29) is 11.9 Å². The Balaban J connectivity index is 1.66. The first kappa shape index (κ1) is 19.5. The third-order valence-corrected chi connectivity index (χ3v) is 6.02. The molecule has 27 heavy (non-hydrogen) atoms. The van der Waals surface area contributed by atoms with Gasteiger partial charge in [0.1, 0.15) is 5.75 Å². The average molecular weight is 398 g/mol. The Morgan fingerprint density at radius 1 is 1.15 bits per heavy atom. The van der Waals surface area contributed by atoms with E-state index in [1.54, 1.807) is 23.1 Å². The van der Waals surface area contributed by atoms with Gasteiger partial charge in [-0.05, 0) is 66.1 Å². The lowest BCUT2D eigenvalue weighted by Gasteiger charge is -2.16. The fourth-order valence-corrected chi connectivity index (χ4v) is 4.46. The van der Waals surface area contributed by atoms with Crippen LogP contribution in [-0.4, -0.2) is 12.5 Å². The Labute approximate surface area is 168 Å². The molecule has 0 saturated carbocycles. The summed E-state index contributed by atoms with van der Waals surface area (Å²) in [6.45, 7) is 4.60. The summed E-state index contributed by atoms with van der Waals surface area (Å²) in [7, 11) is 0. The second-order valence-corrected chi connectivity index (χ2v) is 7.91. The molecule has 3 nitrogen and oxygen atoms in total. The largest absolute Gasteiger partial charge is 0.494 e. The molecule has 0 bridgehead atoms. The van der Waals surface area contributed by atoms with E-state index in [1.807, 2.05) is 62.4 Å². The SMILES string of the molecule is CCOc1ccc(C(C)NC(=O)c2ccccc2SCc2ccsc2)cc1. The molecular weight excluding hydrogens is 374 g/mol. The van der Waals surface area contributed by atoms with Gasteiger partial charge in [0.15, 0.2) is 0 Å². The molecule has 1 aromatic heterocycles. The molecule has 0 spiro atoms. The van der Waals surface area contributed by atoms with Gasteiger partial charge in [-0.1, -0.05) is 24.3 Å². The molecule has 0 fully saturated rings. The highest BCUT2D eigenvalue weighted by molar-refractivity contribution is 7.98. The number of amides is 1. The normalized spacial score (nSPS) is 11.8. The van der Waals surface area contributed by atoms with Crippen molar-refractivity contribution >= 4 is 29.0 Å². The van der Waals surface area contributed by atoms with Gasteiger partial charge in [-0.15, -0.1) is 11.8 Å². The summed E-state index contributed by atoms with van der Waals surface area (Å²) in [5, 5.41) is 7.33. The topological polar surface area (TPSA) is 38.3 Å². The maximum Gasteiger partial charge on any atom is 0.252 e. The van der Waals surface area contributed by atoms with E-state index in [2.05, 4.69) is 22.1 Å². The van der Waals surface area contributed by atoms with Crippen LogP contribution in [0.1, 0.15) is 41.4 Å². The first-order chi connectivity index (χ1) is 13.2. The summed E-state index contributed by atoms with van der Waals surface area (Å²) in [6, 6.07) is 17.7. The minimum atomic E-state index is -0.0805. The monoisotopic (exact) mass is 397 g/mol. The summed E-state index contributed by atoms with van der Waals surface area (Å²) in [5.74, 6) is 1.65. The average Bonchev–Trinajstić information content (AvgIpc) is 3.21. The molecular formula is C22H23NO2S2. The van der Waals surface area contributed by atoms with Crippen LogP contribution in [0.15, 0.2) is 70.3 Å². The summed E-state index contributed by atoms with van der Waals surface area (Å²) in [4.78, 5) is 13.8. The zero-order valence-electron chi connectivity index (χ0n) is 15.5. The van der Waals surface area contributed by atoms with E-state index in [1.165, 1.54) is 5.56 Å². The van der Waals surface area contributed by atoms with Crippen molar-refractivity contribution in [2.24, 2.45) is 0 Å². The lowest BCUT2D eigenvalue weighted by molar-refractivity contribution is 0.0937. The lowest BCUT2D eigenvalue weighted by Crippen LogP contribution is -2.27. The van der Waals surface area contributed by atoms with Gasteiger partial charge in [-0.3, -0.25) is 4.79 Å². The summed E-state index contributed by atoms with van der Waals surface area (Å²) in [5.41, 5.74) is 3.05. The minimum absolute atomic E-state index is 0.0511. The van der Waals surface area contributed by atoms with Crippen molar-refractivity contribution in [2.45, 2.75) is 30.5 Å². The lowest BCUT2D eigenvalue weighted by atomic mass is 10.1. The molecule has 1 unspecified atom stereocenters. The van der Waals surface area contributed by atoms with Crippen LogP contribution < -0.4 is 10.1 Å². The van der Waals surface area contributed by atoms with Crippen LogP contribution in [0.4, 0.5) is 0 Å². The molecule has 3 rings (SSSR count). The number of carbonyl (C=O) groups is 1. The summed E-state index contributed by atoms with van der Waals surface area (Å²) >= 11 is 3.39. The van der Waals surface area contributed by atoms with Crippen molar-refractivity contribution in [3.63, 3.8) is 0 Å². The van der Waals surface area contributed by atoms with E-state index >= 15 is 0 Å². The highest BCUT2D eigenvalue weighted by Crippen LogP contribution is 2.27. The molecule has 0 aliphatic heterocycles. The second-order valence-electron chi connectivity index (χ2n) is 6.11. The second kappa shape index (κ2) is 9.62. The first-order valence-corrected chi connectivity index (χ1v) is 10.9. The predicted octanol–water partition coefficient (Wildman–Crippen LogP) is 5.93. The molecule has 2 aromatic carbocycles. The molecule has 0 saturated heterocycles. The van der Waals surface area contributed by atoms with Gasteiger partial charge in [-0.2, -0.15) is 11.3 Å². The highest BCUT2D eigenvalue weighted by Gasteiger charge is 2.15. The van der Waals surface area contributed by atoms with Gasteiger partial charge in [0.2, 0.25) is 0 Å². The van der Waals surface area contributed by atoms with Crippen LogP contribution in [0.3, 0.4) is 0 Å². The number of thiophene rings is 1. The fraction of sp³-hybridized carbons (Fsp3) is 0.227. The van der Waals surface area contributed by atoms with Crippen molar-refractivity contribution in [1.29, 1.82) is 0 Å². The van der Waals surface area contributed by atoms with E-state index in [0.29, 0.717) is 6.61 Å². The number of thioether (sulfide) groups is 1. The number of rotatable bonds is 8. The molecule has 3 aromatic rings. The van der Waals surface area contributed by atoms with Crippen molar-refractivity contribution in [2.75, 3.05) is 6.61 Å². The van der Waals surface area contributed by atoms with Crippen molar-refractivity contribution < 1.29 is 9.53 Å². The van der Waals surface area contributed by atoms with E-state index in [0.717, 1.165) is 27.5 Å². The van der Waals surface area contributed by atoms with Crippen LogP contribution in [0.25, 0.3) is 0 Å². The van der Waals surface area contributed by atoms with Crippen molar-refractivity contribution in [1.82, 2.24) is 5.32 Å². The Kier molecular flexibility index (Phi) is 6.96. The molecule has 1 atom stereocenters. The van der Waals surface area contributed by atoms with Gasteiger partial charge in [0.05, 0.1) is 18.2 Å². The number of benzene rings is 2. The molecule has 0 radical (unpaired) electrons. The molecule has 5 heteroatoms. The predicted molar refractivity (Wildman–Crippen MR) is 114 cm³/mol. The van der Waals surface area contributed by atoms with Crippen LogP contribution in [0.5, 0.6) is 5.75 Å². The van der Waals surface area contributed by atoms with Crippen LogP contribution >= 0.6 is 23.1 Å². The number of nitrogens with one attached hydrogen (secondary N) is 1. The van der Waals surface area contributed by atoms with E-state index in [4.69, 9.17) is 4.74 Å². The highest BCUT2D eigenvalue weighted by atomic mass is 32.2. The number of hydrogen-bond acceptors (Lipinski definition) is 4. The number of hydrogen-bond donors (Lipinski definition) is 1. The van der Waals surface area contributed by atoms with Crippen molar-refractivity contribution in [3.8, 4) is 5.75 Å². The Bertz CT molecular complexity index is 860. The minimum Gasteiger partial charge on any atom is -0.494 e. The van der Waals surface area contributed by atoms with Gasteiger partial charge in [0, 0.05) is 10.6 Å². The smallest absolute Gasteiger partial charge is 0.252 e. The molecule has 1 N–H and O–H groups in total. The summed E-state index contributed by atoms with van der Waals surface area (Å²) in [6.07, 6.45) is 0. The zero-order valence-corrected chi connectivity index (χ0v) is 17.1.